The fraction of sp³-hybridized carbons (Fsp3) is 0.320. The van der Waals surface area contributed by atoms with Gasteiger partial charge in [0.15, 0.2) is 11.9 Å². The Morgan fingerprint density at radius 3 is 2.79 bits per heavy atom. The van der Waals surface area contributed by atoms with Gasteiger partial charge in [0.25, 0.3) is 5.91 Å². The third kappa shape index (κ3) is 3.17. The average molecular weight is 466 g/mol. The second-order valence-corrected chi connectivity index (χ2v) is 9.97. The summed E-state index contributed by atoms with van der Waals surface area (Å²) in [7, 11) is 0. The summed E-state index contributed by atoms with van der Waals surface area (Å²) < 4.78 is 21.8. The van der Waals surface area contributed by atoms with E-state index in [2.05, 4.69) is 14.9 Å². The Labute approximate surface area is 194 Å². The lowest BCUT2D eigenvalue weighted by Gasteiger charge is -2.70. The highest BCUT2D eigenvalue weighted by molar-refractivity contribution is 6.31. The van der Waals surface area contributed by atoms with Crippen LogP contribution in [0.25, 0.3) is 11.3 Å². The molecule has 1 unspecified atom stereocenters. The maximum absolute atomic E-state index is 13.9. The van der Waals surface area contributed by atoms with Crippen molar-refractivity contribution in [1.29, 1.82) is 0 Å². The number of hydrogen-bond donors (Lipinski definition) is 1. The quantitative estimate of drug-likeness (QED) is 0.618. The predicted molar refractivity (Wildman–Crippen MR) is 120 cm³/mol. The molecule has 6 nitrogen and oxygen atoms in total. The zero-order valence-corrected chi connectivity index (χ0v) is 18.7. The van der Waals surface area contributed by atoms with Crippen molar-refractivity contribution in [1.82, 2.24) is 14.9 Å². The third-order valence-corrected chi connectivity index (χ3v) is 7.40. The molecule has 168 valence electrons. The van der Waals surface area contributed by atoms with Crippen LogP contribution in [0.1, 0.15) is 41.6 Å². The molecule has 33 heavy (non-hydrogen) atoms. The standard InChI is InChI=1S/C25H21ClFN3O3/c1-14-2-3-15(6-18(14)27)19-9-30(13-28-19)25-10-24(11-25,12-25)29-23(32)22-8-20(31)17-7-16(26)4-5-21(17)33-22/h2-7,9,13,22H,8,10-12H2,1H3,(H,29,32). The molecule has 4 aliphatic rings. The van der Waals surface area contributed by atoms with E-state index in [-0.39, 0.29) is 35.0 Å². The number of benzene rings is 2. The number of Topliss-reactive ketones (excluding diaryl/α,β-unsaturated/α-hetero) is 1. The monoisotopic (exact) mass is 465 g/mol. The number of halogens is 2. The Morgan fingerprint density at radius 2 is 2.03 bits per heavy atom. The van der Waals surface area contributed by atoms with Gasteiger partial charge in [0.05, 0.1) is 29.5 Å². The molecule has 0 radical (unpaired) electrons. The lowest BCUT2D eigenvalue weighted by atomic mass is 9.44. The van der Waals surface area contributed by atoms with E-state index in [4.69, 9.17) is 16.3 Å². The van der Waals surface area contributed by atoms with E-state index in [0.29, 0.717) is 21.9 Å². The Morgan fingerprint density at radius 1 is 1.24 bits per heavy atom. The van der Waals surface area contributed by atoms with Crippen molar-refractivity contribution in [3.05, 3.63) is 70.9 Å². The molecule has 3 fully saturated rings. The molecule has 3 aliphatic carbocycles. The summed E-state index contributed by atoms with van der Waals surface area (Å²) in [5.74, 6) is -0.267. The molecule has 1 aliphatic heterocycles. The molecule has 1 atom stereocenters. The highest BCUT2D eigenvalue weighted by Gasteiger charge is 2.70. The lowest BCUT2D eigenvalue weighted by Crippen LogP contribution is -2.79. The molecule has 2 heterocycles. The van der Waals surface area contributed by atoms with E-state index in [1.54, 1.807) is 37.5 Å². The van der Waals surface area contributed by atoms with Gasteiger partial charge in [-0.25, -0.2) is 9.37 Å². The zero-order valence-electron chi connectivity index (χ0n) is 17.9. The van der Waals surface area contributed by atoms with Crippen molar-refractivity contribution < 1.29 is 18.7 Å². The fourth-order valence-electron chi connectivity index (χ4n) is 5.41. The number of carbonyl (C=O) groups excluding carboxylic acids is 2. The van der Waals surface area contributed by atoms with Gasteiger partial charge in [-0.3, -0.25) is 9.59 Å². The van der Waals surface area contributed by atoms with E-state index >= 15 is 0 Å². The topological polar surface area (TPSA) is 73.2 Å². The van der Waals surface area contributed by atoms with Crippen LogP contribution >= 0.6 is 11.6 Å². The first-order valence-electron chi connectivity index (χ1n) is 10.9. The summed E-state index contributed by atoms with van der Waals surface area (Å²) in [5.41, 5.74) is 2.14. The van der Waals surface area contributed by atoms with Crippen LogP contribution in [0.15, 0.2) is 48.9 Å². The summed E-state index contributed by atoms with van der Waals surface area (Å²) in [5, 5.41) is 3.57. The number of nitrogens with one attached hydrogen (secondary N) is 1. The van der Waals surface area contributed by atoms with E-state index in [0.717, 1.165) is 30.5 Å². The fourth-order valence-corrected chi connectivity index (χ4v) is 5.58. The Hall–Kier alpha value is -3.19. The van der Waals surface area contributed by atoms with Gasteiger partial charge in [0, 0.05) is 22.3 Å². The summed E-state index contributed by atoms with van der Waals surface area (Å²) in [6, 6.07) is 9.96. The van der Waals surface area contributed by atoms with Crippen LogP contribution in [-0.4, -0.2) is 32.9 Å². The summed E-state index contributed by atoms with van der Waals surface area (Å²) in [6.45, 7) is 1.73. The molecule has 7 rings (SSSR count). The summed E-state index contributed by atoms with van der Waals surface area (Å²) in [4.78, 5) is 29.8. The Balaban J connectivity index is 1.11. The number of hydrogen-bond acceptors (Lipinski definition) is 4. The molecule has 1 aromatic heterocycles. The van der Waals surface area contributed by atoms with Crippen LogP contribution in [0.2, 0.25) is 5.02 Å². The molecule has 8 heteroatoms. The molecule has 2 aromatic carbocycles. The maximum atomic E-state index is 13.9. The van der Waals surface area contributed by atoms with E-state index < -0.39 is 6.10 Å². The van der Waals surface area contributed by atoms with Crippen molar-refractivity contribution in [3.8, 4) is 17.0 Å². The SMILES string of the molecule is Cc1ccc(-c2cn(C34CC(NC(=O)C5CC(=O)c6cc(Cl)ccc6O5)(C3)C4)cn2)cc1F. The molecule has 0 spiro atoms. The van der Waals surface area contributed by atoms with Crippen LogP contribution in [0, 0.1) is 12.7 Å². The van der Waals surface area contributed by atoms with Crippen molar-refractivity contribution in [3.63, 3.8) is 0 Å². The predicted octanol–water partition coefficient (Wildman–Crippen LogP) is 4.43. The van der Waals surface area contributed by atoms with Crippen molar-refractivity contribution in [2.45, 2.75) is 49.8 Å². The molecular weight excluding hydrogens is 445 g/mol. The number of rotatable bonds is 4. The van der Waals surface area contributed by atoms with Gasteiger partial charge in [0.2, 0.25) is 0 Å². The second-order valence-electron chi connectivity index (χ2n) is 9.53. The average Bonchev–Trinajstić information content (AvgIpc) is 3.21. The number of amides is 1. The van der Waals surface area contributed by atoms with Gasteiger partial charge in [-0.2, -0.15) is 0 Å². The molecule has 1 amide bonds. The van der Waals surface area contributed by atoms with Crippen molar-refractivity contribution >= 4 is 23.3 Å². The van der Waals surface area contributed by atoms with Gasteiger partial charge < -0.3 is 14.6 Å². The maximum Gasteiger partial charge on any atom is 0.261 e. The van der Waals surface area contributed by atoms with Crippen LogP contribution in [0.3, 0.4) is 0 Å². The molecule has 2 bridgehead atoms. The number of aryl methyl sites for hydroxylation is 1. The van der Waals surface area contributed by atoms with E-state index in [1.807, 2.05) is 12.3 Å². The van der Waals surface area contributed by atoms with E-state index in [9.17, 15) is 14.0 Å². The van der Waals surface area contributed by atoms with Crippen LogP contribution < -0.4 is 10.1 Å². The normalized spacial score (nSPS) is 27.1. The minimum atomic E-state index is -0.840. The first-order valence-corrected chi connectivity index (χ1v) is 11.3. The van der Waals surface area contributed by atoms with E-state index in [1.165, 1.54) is 6.07 Å². The van der Waals surface area contributed by atoms with Gasteiger partial charge in [-0.15, -0.1) is 0 Å². The van der Waals surface area contributed by atoms with Crippen molar-refractivity contribution in [2.24, 2.45) is 0 Å². The molecule has 3 saturated carbocycles. The van der Waals surface area contributed by atoms with Crippen molar-refractivity contribution in [2.75, 3.05) is 0 Å². The van der Waals surface area contributed by atoms with Crippen LogP contribution in [0.4, 0.5) is 4.39 Å². The molecule has 1 N–H and O–H groups in total. The Bertz CT molecular complexity index is 1310. The first-order chi connectivity index (χ1) is 15.8. The zero-order chi connectivity index (χ0) is 23.0. The summed E-state index contributed by atoms with van der Waals surface area (Å²) >= 11 is 5.96. The Kier molecular flexibility index (Phi) is 4.27. The van der Waals surface area contributed by atoms with Crippen LogP contribution in [0.5, 0.6) is 5.75 Å². The minimum absolute atomic E-state index is 0.00160. The number of carbonyl (C=O) groups is 2. The minimum Gasteiger partial charge on any atom is -0.479 e. The number of ketones is 1. The number of aromatic nitrogens is 2. The molecule has 3 aromatic rings. The van der Waals surface area contributed by atoms with Gasteiger partial charge in [-0.1, -0.05) is 23.7 Å². The van der Waals surface area contributed by atoms with Gasteiger partial charge in [0.1, 0.15) is 11.6 Å². The largest absolute Gasteiger partial charge is 0.479 e. The lowest BCUT2D eigenvalue weighted by molar-refractivity contribution is -0.160. The molecule has 0 saturated heterocycles. The smallest absolute Gasteiger partial charge is 0.261 e. The number of imidazole rings is 1. The van der Waals surface area contributed by atoms with Gasteiger partial charge >= 0.3 is 0 Å². The molecular formula is C25H21ClFN3O3. The highest BCUT2D eigenvalue weighted by Crippen LogP contribution is 2.65. The third-order valence-electron chi connectivity index (χ3n) is 7.16. The van der Waals surface area contributed by atoms with Crippen LogP contribution in [-0.2, 0) is 10.3 Å². The number of ether oxygens (including phenoxy) is 1. The number of nitrogens with zero attached hydrogens (tertiary/aromatic N) is 2. The highest BCUT2D eigenvalue weighted by atomic mass is 35.5. The first kappa shape index (κ1) is 20.4. The number of fused-ring (bicyclic) bond motifs is 1. The second kappa shape index (κ2) is 6.90. The summed E-state index contributed by atoms with van der Waals surface area (Å²) in [6.07, 6.45) is 5.25. The van der Waals surface area contributed by atoms with Gasteiger partial charge in [-0.05, 0) is 56.0 Å².